The fourth-order valence-corrected chi connectivity index (χ4v) is 5.63. The highest BCUT2D eigenvalue weighted by molar-refractivity contribution is 6.30. The quantitative estimate of drug-likeness (QED) is 0.513. The van der Waals surface area contributed by atoms with Crippen molar-refractivity contribution in [2.24, 2.45) is 0 Å². The van der Waals surface area contributed by atoms with Crippen molar-refractivity contribution in [2.75, 3.05) is 31.2 Å². The fraction of sp³-hybridized carbons (Fsp3) is 0.440. The number of pyridine rings is 1. The van der Waals surface area contributed by atoms with E-state index in [1.807, 2.05) is 18.2 Å². The molecule has 0 N–H and O–H groups in total. The van der Waals surface area contributed by atoms with E-state index in [0.29, 0.717) is 18.4 Å². The zero-order valence-electron chi connectivity index (χ0n) is 19.2. The number of nitrogens with zero attached hydrogens (tertiary/aromatic N) is 7. The van der Waals surface area contributed by atoms with Gasteiger partial charge in [-0.25, -0.2) is 4.98 Å². The lowest BCUT2D eigenvalue weighted by molar-refractivity contribution is 0.133. The lowest BCUT2D eigenvalue weighted by atomic mass is 9.95. The summed E-state index contributed by atoms with van der Waals surface area (Å²) in [6, 6.07) is 11.4. The van der Waals surface area contributed by atoms with Crippen LogP contribution in [0.3, 0.4) is 0 Å². The molecule has 2 fully saturated rings. The molecule has 0 spiro atoms. The highest BCUT2D eigenvalue weighted by Gasteiger charge is 2.33. The summed E-state index contributed by atoms with van der Waals surface area (Å²) < 4.78 is 21.9. The monoisotopic (exact) mass is 493 g/mol. The van der Waals surface area contributed by atoms with Crippen LogP contribution < -0.4 is 4.90 Å². The number of hydrogen-bond donors (Lipinski definition) is 0. The van der Waals surface area contributed by atoms with Gasteiger partial charge in [0.15, 0.2) is 5.82 Å². The number of hydrogen-bond acceptors (Lipinski definition) is 7. The number of piperidine rings is 1. The largest absolute Gasteiger partial charge is 0.380 e. The van der Waals surface area contributed by atoms with Gasteiger partial charge in [-0.15, -0.1) is 10.2 Å². The van der Waals surface area contributed by atoms with Crippen LogP contribution in [0.4, 0.5) is 10.2 Å². The van der Waals surface area contributed by atoms with Crippen molar-refractivity contribution in [1.82, 2.24) is 24.6 Å². The first-order chi connectivity index (χ1) is 17.1. The van der Waals surface area contributed by atoms with Crippen LogP contribution in [0.15, 0.2) is 30.3 Å². The van der Waals surface area contributed by atoms with Crippen LogP contribution in [0.5, 0.6) is 0 Å². The van der Waals surface area contributed by atoms with E-state index in [1.54, 1.807) is 6.07 Å². The molecule has 0 radical (unpaired) electrons. The summed E-state index contributed by atoms with van der Waals surface area (Å²) in [7, 11) is 0. The minimum atomic E-state index is -0.720. The average molecular weight is 494 g/mol. The second-order valence-electron chi connectivity index (χ2n) is 9.39. The Labute approximate surface area is 207 Å². The molecular formula is C25H25ClFN7O. The van der Waals surface area contributed by atoms with Gasteiger partial charge in [0, 0.05) is 43.2 Å². The van der Waals surface area contributed by atoms with E-state index in [9.17, 15) is 4.39 Å². The Bertz CT molecular complexity index is 1290. The van der Waals surface area contributed by atoms with Crippen LogP contribution in [-0.2, 0) is 17.8 Å². The molecule has 0 bridgehead atoms. The van der Waals surface area contributed by atoms with Gasteiger partial charge in [0.2, 0.25) is 5.95 Å². The van der Waals surface area contributed by atoms with Crippen molar-refractivity contribution in [3.05, 3.63) is 64.1 Å². The number of ether oxygens (including phenoxy) is 1. The van der Waals surface area contributed by atoms with Gasteiger partial charge in [0.25, 0.3) is 0 Å². The van der Waals surface area contributed by atoms with Crippen LogP contribution in [0.2, 0.25) is 5.02 Å². The van der Waals surface area contributed by atoms with Crippen LogP contribution >= 0.6 is 11.6 Å². The normalized spacial score (nSPS) is 20.8. The molecule has 6 rings (SSSR count). The van der Waals surface area contributed by atoms with E-state index in [2.05, 4.69) is 35.6 Å². The number of nitriles is 1. The molecule has 3 aromatic rings. The first-order valence-electron chi connectivity index (χ1n) is 12.0. The zero-order valence-corrected chi connectivity index (χ0v) is 20.0. The second-order valence-corrected chi connectivity index (χ2v) is 9.82. The molecule has 0 saturated carbocycles. The highest BCUT2D eigenvalue weighted by Crippen LogP contribution is 2.35. The predicted octanol–water partition coefficient (Wildman–Crippen LogP) is 3.81. The topological polar surface area (TPSA) is 83.1 Å². The minimum absolute atomic E-state index is 0.0354. The third-order valence-electron chi connectivity index (χ3n) is 7.32. The molecule has 1 aromatic carbocycles. The van der Waals surface area contributed by atoms with Crippen molar-refractivity contribution in [1.29, 1.82) is 5.26 Å². The summed E-state index contributed by atoms with van der Waals surface area (Å²) in [5.41, 5.74) is 2.22. The molecule has 180 valence electrons. The van der Waals surface area contributed by atoms with Gasteiger partial charge in [0.05, 0.1) is 18.8 Å². The molecule has 3 aliphatic rings. The lowest BCUT2D eigenvalue weighted by Crippen LogP contribution is -2.34. The van der Waals surface area contributed by atoms with Crippen LogP contribution in [0.1, 0.15) is 48.0 Å². The summed E-state index contributed by atoms with van der Waals surface area (Å²) in [4.78, 5) is 8.49. The molecule has 1 unspecified atom stereocenters. The smallest absolute Gasteiger partial charge is 0.232 e. The summed E-state index contributed by atoms with van der Waals surface area (Å²) in [5, 5.41) is 19.0. The molecule has 1 atom stereocenters. The van der Waals surface area contributed by atoms with Crippen molar-refractivity contribution >= 4 is 17.4 Å². The molecule has 2 saturated heterocycles. The zero-order chi connectivity index (χ0) is 23.9. The standard InChI is InChI=1S/C25H25ClFN7O/c26-19-2-3-21-18(11-19)13-33(20-7-10-35-15-20)14-23-30-31-25(34(21)23)16-5-8-32(9-6-16)22-4-1-17(12-28)24(27)29-22/h1-4,11,16,20H,5-10,13-15H2. The lowest BCUT2D eigenvalue weighted by Gasteiger charge is -2.32. The molecule has 35 heavy (non-hydrogen) atoms. The Morgan fingerprint density at radius 2 is 1.94 bits per heavy atom. The van der Waals surface area contributed by atoms with E-state index in [0.717, 1.165) is 74.5 Å². The van der Waals surface area contributed by atoms with Gasteiger partial charge in [0.1, 0.15) is 23.3 Å². The summed E-state index contributed by atoms with van der Waals surface area (Å²) in [6.07, 6.45) is 2.72. The Hall–Kier alpha value is -3.06. The number of benzene rings is 1. The van der Waals surface area contributed by atoms with Crippen molar-refractivity contribution in [3.8, 4) is 11.8 Å². The van der Waals surface area contributed by atoms with E-state index >= 15 is 0 Å². The maximum atomic E-state index is 14.0. The minimum Gasteiger partial charge on any atom is -0.380 e. The molecule has 2 aromatic heterocycles. The van der Waals surface area contributed by atoms with Gasteiger partial charge in [-0.05, 0) is 55.2 Å². The summed E-state index contributed by atoms with van der Waals surface area (Å²) >= 11 is 6.39. The van der Waals surface area contributed by atoms with Crippen LogP contribution in [-0.4, -0.2) is 57.0 Å². The maximum Gasteiger partial charge on any atom is 0.232 e. The number of fused-ring (bicyclic) bond motifs is 3. The summed E-state index contributed by atoms with van der Waals surface area (Å²) in [5.74, 6) is 1.97. The Balaban J connectivity index is 1.28. The fourth-order valence-electron chi connectivity index (χ4n) is 5.43. The van der Waals surface area contributed by atoms with Crippen molar-refractivity contribution < 1.29 is 9.13 Å². The Morgan fingerprint density at radius 1 is 1.09 bits per heavy atom. The third-order valence-corrected chi connectivity index (χ3v) is 7.55. The maximum absolute atomic E-state index is 14.0. The molecule has 0 aliphatic carbocycles. The van der Waals surface area contributed by atoms with Gasteiger partial charge in [-0.3, -0.25) is 9.47 Å². The van der Waals surface area contributed by atoms with Gasteiger partial charge in [-0.1, -0.05) is 11.6 Å². The summed E-state index contributed by atoms with van der Waals surface area (Å²) in [6.45, 7) is 4.48. The van der Waals surface area contributed by atoms with Crippen LogP contribution in [0, 0.1) is 17.3 Å². The number of aromatic nitrogens is 4. The van der Waals surface area contributed by atoms with Gasteiger partial charge in [-0.2, -0.15) is 9.65 Å². The number of anilines is 1. The van der Waals surface area contributed by atoms with Gasteiger partial charge < -0.3 is 9.64 Å². The first kappa shape index (κ1) is 22.4. The number of rotatable bonds is 3. The van der Waals surface area contributed by atoms with Crippen molar-refractivity contribution in [3.63, 3.8) is 0 Å². The molecule has 10 heteroatoms. The van der Waals surface area contributed by atoms with E-state index in [4.69, 9.17) is 21.6 Å². The van der Waals surface area contributed by atoms with E-state index in [-0.39, 0.29) is 11.5 Å². The molecule has 8 nitrogen and oxygen atoms in total. The van der Waals surface area contributed by atoms with Crippen molar-refractivity contribution in [2.45, 2.75) is 44.3 Å². The van der Waals surface area contributed by atoms with E-state index < -0.39 is 5.95 Å². The molecular weight excluding hydrogens is 469 g/mol. The van der Waals surface area contributed by atoms with Crippen LogP contribution in [0.25, 0.3) is 5.69 Å². The molecule has 3 aliphatic heterocycles. The molecule has 0 amide bonds. The second kappa shape index (κ2) is 9.19. The molecule has 5 heterocycles. The predicted molar refractivity (Wildman–Crippen MR) is 128 cm³/mol. The SMILES string of the molecule is N#Cc1ccc(N2CCC(c3nnc4n3-c3ccc(Cl)cc3CN(C3CCOC3)C4)CC2)nc1F. The first-order valence-corrected chi connectivity index (χ1v) is 12.3. The number of halogens is 2. The van der Waals surface area contributed by atoms with Gasteiger partial charge >= 0.3 is 0 Å². The Morgan fingerprint density at radius 3 is 2.69 bits per heavy atom. The van der Waals surface area contributed by atoms with E-state index in [1.165, 1.54) is 11.6 Å². The highest BCUT2D eigenvalue weighted by atomic mass is 35.5. The average Bonchev–Trinajstić information content (AvgIpc) is 3.52. The third kappa shape index (κ3) is 4.16. The Kier molecular flexibility index (Phi) is 5.88.